The Morgan fingerprint density at radius 3 is 1.77 bits per heavy atom. The predicted octanol–water partition coefficient (Wildman–Crippen LogP) is 16.0. The molecule has 0 spiro atoms. The lowest BCUT2D eigenvalue weighted by molar-refractivity contribution is 0.745. The van der Waals surface area contributed by atoms with Crippen LogP contribution in [0.4, 0.5) is 39.8 Å². The van der Waals surface area contributed by atoms with E-state index >= 15 is 0 Å². The number of allylic oxidation sites excluding steroid dienone is 7. The van der Waals surface area contributed by atoms with Gasteiger partial charge in [-0.05, 0) is 132 Å². The fourth-order valence-electron chi connectivity index (χ4n) is 10.2. The third-order valence-electron chi connectivity index (χ3n) is 13.1. The molecule has 0 bridgehead atoms. The van der Waals surface area contributed by atoms with Gasteiger partial charge in [0.2, 0.25) is 0 Å². The van der Waals surface area contributed by atoms with Gasteiger partial charge >= 0.3 is 0 Å². The lowest BCUT2D eigenvalue weighted by atomic mass is 9.91. The molecule has 4 heteroatoms. The molecule has 310 valence electrons. The molecule has 0 saturated carbocycles. The van der Waals surface area contributed by atoms with E-state index in [1.165, 1.54) is 49.9 Å². The lowest BCUT2D eigenvalue weighted by Gasteiger charge is -2.28. The van der Waals surface area contributed by atoms with Crippen LogP contribution in [0.3, 0.4) is 0 Å². The molecule has 3 aliphatic rings. The van der Waals surface area contributed by atoms with Crippen molar-refractivity contribution in [1.82, 2.24) is 4.57 Å². The molecule has 0 N–H and O–H groups in total. The highest BCUT2D eigenvalue weighted by atomic mass is 15.2. The smallest absolute Gasteiger partial charge is 0.0629 e. The quantitative estimate of drug-likeness (QED) is 0.144. The number of benzene rings is 8. The first-order chi connectivity index (χ1) is 32.3. The third-order valence-corrected chi connectivity index (χ3v) is 13.1. The SMILES string of the molecule is C1=CC2c3cc(N(C4=CCC=C(c5ccc(N(c6ccccc6)c6ccc7c(c6)c6ccccc6n7-c6ccccc6)cc5)C=C4)c4ccccc4)ccc3N(c3ccccc3)C2C=C1. The standard InChI is InChI=1S/C61H46N4/c1-5-19-46(20-6-1)62(52-38-40-60-56(42-52)54-28-13-15-30-58(54)64(60)48-23-9-3-10-24-48)50-27-17-18-44(32-35-50)45-33-36-51(37-34-45)63(47-21-7-2-8-22-47)53-39-41-61-57(43-53)55-29-14-16-31-59(55)65(61)49-25-11-4-12-26-49/h1-16,18-43,54,58H,17H2. The summed E-state index contributed by atoms with van der Waals surface area (Å²) in [6.45, 7) is 0. The van der Waals surface area contributed by atoms with Crippen LogP contribution in [0, 0.1) is 0 Å². The van der Waals surface area contributed by atoms with E-state index in [9.17, 15) is 0 Å². The minimum Gasteiger partial charge on any atom is -0.333 e. The molecule has 2 unspecified atom stereocenters. The zero-order chi connectivity index (χ0) is 43.1. The third kappa shape index (κ3) is 6.88. The summed E-state index contributed by atoms with van der Waals surface area (Å²) in [7, 11) is 0. The van der Waals surface area contributed by atoms with Gasteiger partial charge < -0.3 is 19.3 Å². The fraction of sp³-hybridized carbons (Fsp3) is 0.0492. The van der Waals surface area contributed by atoms with Crippen LogP contribution in [0.2, 0.25) is 0 Å². The summed E-state index contributed by atoms with van der Waals surface area (Å²) in [5, 5.41) is 2.46. The summed E-state index contributed by atoms with van der Waals surface area (Å²) < 4.78 is 2.37. The molecular weight excluding hydrogens is 789 g/mol. The maximum atomic E-state index is 2.49. The minimum absolute atomic E-state index is 0.240. The Kier molecular flexibility index (Phi) is 9.68. The van der Waals surface area contributed by atoms with E-state index in [4.69, 9.17) is 0 Å². The normalized spacial score (nSPS) is 16.2. The van der Waals surface area contributed by atoms with Crippen molar-refractivity contribution in [3.05, 3.63) is 272 Å². The van der Waals surface area contributed by atoms with E-state index in [0.717, 1.165) is 46.2 Å². The Morgan fingerprint density at radius 2 is 1.02 bits per heavy atom. The number of nitrogens with zero attached hydrogens (tertiary/aromatic N) is 4. The van der Waals surface area contributed by atoms with E-state index in [0.29, 0.717) is 0 Å². The van der Waals surface area contributed by atoms with Crippen LogP contribution in [0.5, 0.6) is 0 Å². The summed E-state index contributed by atoms with van der Waals surface area (Å²) >= 11 is 0. The van der Waals surface area contributed by atoms with Gasteiger partial charge in [-0.2, -0.15) is 0 Å². The average molecular weight is 835 g/mol. The van der Waals surface area contributed by atoms with E-state index in [1.807, 2.05) is 0 Å². The van der Waals surface area contributed by atoms with Crippen LogP contribution in [-0.2, 0) is 0 Å². The first kappa shape index (κ1) is 38.3. The van der Waals surface area contributed by atoms with Crippen LogP contribution in [0.25, 0.3) is 33.1 Å². The van der Waals surface area contributed by atoms with Crippen LogP contribution in [0.15, 0.2) is 261 Å². The van der Waals surface area contributed by atoms with Gasteiger partial charge in [0.1, 0.15) is 0 Å². The molecule has 8 aromatic carbocycles. The highest BCUT2D eigenvalue weighted by Gasteiger charge is 2.38. The van der Waals surface area contributed by atoms with Crippen molar-refractivity contribution < 1.29 is 0 Å². The number of aromatic nitrogens is 1. The van der Waals surface area contributed by atoms with Crippen molar-refractivity contribution in [3.8, 4) is 5.69 Å². The van der Waals surface area contributed by atoms with Crippen LogP contribution in [0.1, 0.15) is 23.5 Å². The number of fused-ring (bicyclic) bond motifs is 6. The molecule has 2 aliphatic carbocycles. The van der Waals surface area contributed by atoms with E-state index in [1.54, 1.807) is 0 Å². The molecule has 0 amide bonds. The van der Waals surface area contributed by atoms with Crippen molar-refractivity contribution in [2.24, 2.45) is 0 Å². The molecule has 1 aliphatic heterocycles. The van der Waals surface area contributed by atoms with Gasteiger partial charge in [0.05, 0.1) is 17.1 Å². The zero-order valence-corrected chi connectivity index (χ0v) is 35.9. The summed E-state index contributed by atoms with van der Waals surface area (Å²) in [5.41, 5.74) is 16.5. The van der Waals surface area contributed by atoms with Gasteiger partial charge in [-0.15, -0.1) is 0 Å². The Bertz CT molecular complexity index is 3340. The number of para-hydroxylation sites is 5. The van der Waals surface area contributed by atoms with Crippen LogP contribution in [-0.4, -0.2) is 10.6 Å². The van der Waals surface area contributed by atoms with Crippen molar-refractivity contribution in [2.75, 3.05) is 14.7 Å². The second-order valence-electron chi connectivity index (χ2n) is 16.9. The molecule has 12 rings (SSSR count). The van der Waals surface area contributed by atoms with Gasteiger partial charge in [0, 0.05) is 67.9 Å². The number of anilines is 7. The molecule has 0 saturated heterocycles. The van der Waals surface area contributed by atoms with Crippen molar-refractivity contribution >= 4 is 67.2 Å². The number of hydrogen-bond acceptors (Lipinski definition) is 3. The van der Waals surface area contributed by atoms with Crippen molar-refractivity contribution in [1.29, 1.82) is 0 Å². The first-order valence-electron chi connectivity index (χ1n) is 22.6. The number of rotatable bonds is 9. The topological polar surface area (TPSA) is 14.7 Å². The Labute approximate surface area is 380 Å². The summed E-state index contributed by atoms with van der Waals surface area (Å²) in [6, 6.07) is 74.8. The van der Waals surface area contributed by atoms with Gasteiger partial charge in [-0.1, -0.05) is 146 Å². The van der Waals surface area contributed by atoms with Gasteiger partial charge in [-0.25, -0.2) is 0 Å². The molecule has 2 heterocycles. The van der Waals surface area contributed by atoms with Gasteiger partial charge in [-0.3, -0.25) is 0 Å². The second kappa shape index (κ2) is 16.4. The van der Waals surface area contributed by atoms with Crippen molar-refractivity contribution in [3.63, 3.8) is 0 Å². The Hall–Kier alpha value is -8.34. The van der Waals surface area contributed by atoms with Crippen molar-refractivity contribution in [2.45, 2.75) is 18.4 Å². The number of hydrogen-bond donors (Lipinski definition) is 0. The predicted molar refractivity (Wildman–Crippen MR) is 274 cm³/mol. The van der Waals surface area contributed by atoms with E-state index < -0.39 is 0 Å². The Morgan fingerprint density at radius 1 is 0.431 bits per heavy atom. The molecule has 9 aromatic rings. The summed E-state index contributed by atoms with van der Waals surface area (Å²) in [4.78, 5) is 7.27. The monoisotopic (exact) mass is 834 g/mol. The molecule has 0 radical (unpaired) electrons. The molecule has 2 atom stereocenters. The first-order valence-corrected chi connectivity index (χ1v) is 22.6. The molecular formula is C61H46N4. The van der Waals surface area contributed by atoms with Crippen LogP contribution < -0.4 is 14.7 Å². The summed E-state index contributed by atoms with van der Waals surface area (Å²) in [5.74, 6) is 0.268. The second-order valence-corrected chi connectivity index (χ2v) is 16.9. The van der Waals surface area contributed by atoms with Gasteiger partial charge in [0.15, 0.2) is 0 Å². The molecule has 0 fully saturated rings. The van der Waals surface area contributed by atoms with Gasteiger partial charge in [0.25, 0.3) is 0 Å². The average Bonchev–Trinajstić information content (AvgIpc) is 3.76. The maximum absolute atomic E-state index is 2.49. The minimum atomic E-state index is 0.240. The van der Waals surface area contributed by atoms with E-state index in [2.05, 4.69) is 274 Å². The Balaban J connectivity index is 0.869. The summed E-state index contributed by atoms with van der Waals surface area (Å²) in [6.07, 6.45) is 19.2. The lowest BCUT2D eigenvalue weighted by Crippen LogP contribution is -2.28. The highest BCUT2D eigenvalue weighted by molar-refractivity contribution is 6.10. The molecule has 65 heavy (non-hydrogen) atoms. The van der Waals surface area contributed by atoms with E-state index in [-0.39, 0.29) is 12.0 Å². The maximum Gasteiger partial charge on any atom is 0.0629 e. The fourth-order valence-corrected chi connectivity index (χ4v) is 10.2. The highest BCUT2D eigenvalue weighted by Crippen LogP contribution is 2.50. The van der Waals surface area contributed by atoms with Crippen LogP contribution >= 0.6 is 0 Å². The zero-order valence-electron chi connectivity index (χ0n) is 35.9. The largest absolute Gasteiger partial charge is 0.333 e. The molecule has 1 aromatic heterocycles. The molecule has 4 nitrogen and oxygen atoms in total.